The molecule has 78 valence electrons. The molecule has 2 nitrogen and oxygen atoms in total. The largest absolute Gasteiger partial charge is 0.308 e. The Morgan fingerprint density at radius 1 is 1.46 bits per heavy atom. The smallest absolute Gasteiger partial charge is 0.0226 e. The van der Waals surface area contributed by atoms with Crippen molar-refractivity contribution in [2.45, 2.75) is 12.8 Å². The van der Waals surface area contributed by atoms with Crippen molar-refractivity contribution in [3.63, 3.8) is 0 Å². The second-order valence-corrected chi connectivity index (χ2v) is 4.61. The first-order chi connectivity index (χ1) is 6.22. The van der Waals surface area contributed by atoms with E-state index in [-0.39, 0.29) is 0 Å². The summed E-state index contributed by atoms with van der Waals surface area (Å²) in [5.41, 5.74) is 0. The maximum atomic E-state index is 5.73. The molecule has 1 aliphatic rings. The molecule has 1 fully saturated rings. The molecule has 0 N–H and O–H groups in total. The predicted octanol–water partition coefficient (Wildman–Crippen LogP) is 1.50. The van der Waals surface area contributed by atoms with Crippen molar-refractivity contribution in [3.05, 3.63) is 0 Å². The van der Waals surface area contributed by atoms with Gasteiger partial charge in [-0.15, -0.1) is 11.6 Å². The van der Waals surface area contributed by atoms with Crippen LogP contribution in [-0.4, -0.2) is 56.0 Å². The van der Waals surface area contributed by atoms with E-state index in [9.17, 15) is 0 Å². The van der Waals surface area contributed by atoms with Gasteiger partial charge in [0.15, 0.2) is 0 Å². The Kier molecular flexibility index (Phi) is 5.07. The fourth-order valence-electron chi connectivity index (χ4n) is 1.85. The molecule has 1 rings (SSSR count). The van der Waals surface area contributed by atoms with E-state index in [0.717, 1.165) is 11.8 Å². The molecule has 0 saturated carbocycles. The van der Waals surface area contributed by atoms with Crippen LogP contribution in [0.5, 0.6) is 0 Å². The van der Waals surface area contributed by atoms with Gasteiger partial charge in [0.25, 0.3) is 0 Å². The minimum atomic E-state index is 0.826. The Hall–Kier alpha value is 0.210. The maximum absolute atomic E-state index is 5.73. The molecule has 0 radical (unpaired) electrons. The summed E-state index contributed by atoms with van der Waals surface area (Å²) in [5, 5.41) is 0. The lowest BCUT2D eigenvalue weighted by atomic mass is 10.1. The van der Waals surface area contributed by atoms with Gasteiger partial charge in [-0.3, -0.25) is 0 Å². The van der Waals surface area contributed by atoms with E-state index in [1.807, 2.05) is 0 Å². The fourth-order valence-corrected chi connectivity index (χ4v) is 2.16. The standard InChI is InChI=1S/C10H21ClN2/c1-12(2)7-8-13-6-4-10(9-13)3-5-11/h10H,3-9H2,1-2H3. The zero-order chi connectivity index (χ0) is 9.68. The lowest BCUT2D eigenvalue weighted by molar-refractivity contribution is 0.275. The number of alkyl halides is 1. The molecule has 0 amide bonds. The Balaban J connectivity index is 2.10. The topological polar surface area (TPSA) is 6.48 Å². The van der Waals surface area contributed by atoms with Crippen LogP contribution in [0.25, 0.3) is 0 Å². The summed E-state index contributed by atoms with van der Waals surface area (Å²) >= 11 is 5.73. The predicted molar refractivity (Wildman–Crippen MR) is 58.4 cm³/mol. The Labute approximate surface area is 86.8 Å². The van der Waals surface area contributed by atoms with Crippen molar-refractivity contribution < 1.29 is 0 Å². The van der Waals surface area contributed by atoms with E-state index >= 15 is 0 Å². The van der Waals surface area contributed by atoms with Crippen molar-refractivity contribution in [2.75, 3.05) is 46.2 Å². The van der Waals surface area contributed by atoms with Gasteiger partial charge in [-0.2, -0.15) is 0 Å². The number of nitrogens with zero attached hydrogens (tertiary/aromatic N) is 2. The number of hydrogen-bond donors (Lipinski definition) is 0. The molecule has 0 bridgehead atoms. The molecule has 1 unspecified atom stereocenters. The Bertz CT molecular complexity index is 139. The van der Waals surface area contributed by atoms with Crippen molar-refractivity contribution in [2.24, 2.45) is 5.92 Å². The second-order valence-electron chi connectivity index (χ2n) is 4.24. The van der Waals surface area contributed by atoms with Crippen LogP contribution in [0.15, 0.2) is 0 Å². The summed E-state index contributed by atoms with van der Waals surface area (Å²) in [6.07, 6.45) is 2.54. The van der Waals surface area contributed by atoms with Crippen molar-refractivity contribution >= 4 is 11.6 Å². The summed E-state index contributed by atoms with van der Waals surface area (Å²) in [6.45, 7) is 4.93. The van der Waals surface area contributed by atoms with Crippen molar-refractivity contribution in [3.8, 4) is 0 Å². The Morgan fingerprint density at radius 2 is 2.23 bits per heavy atom. The monoisotopic (exact) mass is 204 g/mol. The van der Waals surface area contributed by atoms with Crippen LogP contribution in [0.2, 0.25) is 0 Å². The first-order valence-corrected chi connectivity index (χ1v) is 5.69. The fraction of sp³-hybridized carbons (Fsp3) is 1.00. The number of likely N-dealkylation sites (N-methyl/N-ethyl adjacent to an activating group) is 1. The van der Waals surface area contributed by atoms with Crippen LogP contribution in [-0.2, 0) is 0 Å². The summed E-state index contributed by atoms with van der Waals surface area (Å²) in [4.78, 5) is 4.80. The average molecular weight is 205 g/mol. The third-order valence-electron chi connectivity index (χ3n) is 2.75. The highest BCUT2D eigenvalue weighted by atomic mass is 35.5. The van der Waals surface area contributed by atoms with Gasteiger partial charge in [0.05, 0.1) is 0 Å². The first-order valence-electron chi connectivity index (χ1n) is 5.15. The van der Waals surface area contributed by atoms with Gasteiger partial charge in [-0.05, 0) is 39.4 Å². The molecule has 13 heavy (non-hydrogen) atoms. The lowest BCUT2D eigenvalue weighted by Gasteiger charge is -2.18. The molecule has 1 heterocycles. The third-order valence-corrected chi connectivity index (χ3v) is 2.97. The van der Waals surface area contributed by atoms with Crippen LogP contribution in [0.1, 0.15) is 12.8 Å². The number of halogens is 1. The average Bonchev–Trinajstić information content (AvgIpc) is 2.50. The van der Waals surface area contributed by atoms with Crippen molar-refractivity contribution in [1.82, 2.24) is 9.80 Å². The van der Waals surface area contributed by atoms with Gasteiger partial charge in [0, 0.05) is 25.5 Å². The molecule has 0 spiro atoms. The first kappa shape index (κ1) is 11.3. The van der Waals surface area contributed by atoms with Gasteiger partial charge in [-0.1, -0.05) is 0 Å². The molecule has 0 aliphatic carbocycles. The van der Waals surface area contributed by atoms with Gasteiger partial charge >= 0.3 is 0 Å². The summed E-state index contributed by atoms with van der Waals surface area (Å²) in [6, 6.07) is 0. The highest BCUT2D eigenvalue weighted by Gasteiger charge is 2.21. The zero-order valence-electron chi connectivity index (χ0n) is 8.80. The van der Waals surface area contributed by atoms with E-state index in [1.165, 1.54) is 39.0 Å². The molecular formula is C10H21ClN2. The van der Waals surface area contributed by atoms with E-state index in [4.69, 9.17) is 11.6 Å². The van der Waals surface area contributed by atoms with Gasteiger partial charge in [0.2, 0.25) is 0 Å². The molecule has 1 atom stereocenters. The van der Waals surface area contributed by atoms with Crippen LogP contribution in [0, 0.1) is 5.92 Å². The van der Waals surface area contributed by atoms with E-state index in [1.54, 1.807) is 0 Å². The minimum absolute atomic E-state index is 0.826. The van der Waals surface area contributed by atoms with Crippen LogP contribution >= 0.6 is 11.6 Å². The SMILES string of the molecule is CN(C)CCN1CCC(CCCl)C1. The molecule has 0 aromatic heterocycles. The zero-order valence-corrected chi connectivity index (χ0v) is 9.56. The molecule has 0 aromatic carbocycles. The van der Waals surface area contributed by atoms with Gasteiger partial charge in [0.1, 0.15) is 0 Å². The van der Waals surface area contributed by atoms with E-state index in [2.05, 4.69) is 23.9 Å². The van der Waals surface area contributed by atoms with Crippen LogP contribution in [0.3, 0.4) is 0 Å². The molecule has 3 heteroatoms. The normalized spacial score (nSPS) is 24.5. The Morgan fingerprint density at radius 3 is 2.85 bits per heavy atom. The van der Waals surface area contributed by atoms with E-state index in [0.29, 0.717) is 0 Å². The number of likely N-dealkylation sites (tertiary alicyclic amines) is 1. The lowest BCUT2D eigenvalue weighted by Crippen LogP contribution is -2.30. The van der Waals surface area contributed by atoms with Crippen LogP contribution < -0.4 is 0 Å². The van der Waals surface area contributed by atoms with Gasteiger partial charge < -0.3 is 9.80 Å². The number of rotatable bonds is 5. The molecular weight excluding hydrogens is 184 g/mol. The molecule has 0 aromatic rings. The second kappa shape index (κ2) is 5.84. The maximum Gasteiger partial charge on any atom is 0.0226 e. The summed E-state index contributed by atoms with van der Waals surface area (Å²) < 4.78 is 0. The minimum Gasteiger partial charge on any atom is -0.308 e. The van der Waals surface area contributed by atoms with Crippen LogP contribution in [0.4, 0.5) is 0 Å². The third kappa shape index (κ3) is 4.30. The highest BCUT2D eigenvalue weighted by Crippen LogP contribution is 2.19. The number of hydrogen-bond acceptors (Lipinski definition) is 2. The summed E-state index contributed by atoms with van der Waals surface area (Å²) in [7, 11) is 4.26. The highest BCUT2D eigenvalue weighted by molar-refractivity contribution is 6.17. The van der Waals surface area contributed by atoms with Gasteiger partial charge in [-0.25, -0.2) is 0 Å². The quantitative estimate of drug-likeness (QED) is 0.627. The van der Waals surface area contributed by atoms with E-state index < -0.39 is 0 Å². The summed E-state index contributed by atoms with van der Waals surface area (Å²) in [5.74, 6) is 1.69. The molecule has 1 aliphatic heterocycles. The van der Waals surface area contributed by atoms with Crippen molar-refractivity contribution in [1.29, 1.82) is 0 Å². The molecule has 1 saturated heterocycles.